The molecule has 306 valence electrons. The molecule has 0 saturated heterocycles. The molecule has 2 N–H and O–H groups in total. The van der Waals surface area contributed by atoms with Crippen molar-refractivity contribution in [3.8, 4) is 22.6 Å². The van der Waals surface area contributed by atoms with Gasteiger partial charge in [0.15, 0.2) is 17.3 Å². The van der Waals surface area contributed by atoms with Gasteiger partial charge in [0.2, 0.25) is 5.91 Å². The Labute approximate surface area is 349 Å². The third-order valence-corrected chi connectivity index (χ3v) is 13.0. The minimum Gasteiger partial charge on any atom is -0.493 e. The number of nitrogens with zero attached hydrogens (tertiary/aromatic N) is 1. The summed E-state index contributed by atoms with van der Waals surface area (Å²) in [7, 11) is 3.17. The van der Waals surface area contributed by atoms with E-state index in [1.165, 1.54) is 5.57 Å². The predicted molar refractivity (Wildman–Crippen MR) is 234 cm³/mol. The van der Waals surface area contributed by atoms with Gasteiger partial charge >= 0.3 is 0 Å². The molecular formula is C52H57NO6. The van der Waals surface area contributed by atoms with Gasteiger partial charge in [-0.25, -0.2) is 0 Å². The van der Waals surface area contributed by atoms with Crippen molar-refractivity contribution in [3.63, 3.8) is 0 Å². The van der Waals surface area contributed by atoms with Gasteiger partial charge in [-0.3, -0.25) is 9.59 Å². The fraction of sp³-hybridized carbons (Fsp3) is 0.346. The summed E-state index contributed by atoms with van der Waals surface area (Å²) in [5.41, 5.74) is 5.82. The maximum Gasteiger partial charge on any atom is 0.227 e. The van der Waals surface area contributed by atoms with Gasteiger partial charge < -0.3 is 24.6 Å². The lowest BCUT2D eigenvalue weighted by Crippen LogP contribution is -2.53. The van der Waals surface area contributed by atoms with E-state index in [9.17, 15) is 15.0 Å². The molecule has 0 spiro atoms. The number of carbonyl (C=O) groups excluding carboxylic acids is 2. The van der Waals surface area contributed by atoms with E-state index in [1.54, 1.807) is 14.2 Å². The first-order valence-electron chi connectivity index (χ1n) is 20.9. The summed E-state index contributed by atoms with van der Waals surface area (Å²) in [6.45, 7) is 4.76. The molecule has 59 heavy (non-hydrogen) atoms. The van der Waals surface area contributed by atoms with Crippen LogP contribution in [0.15, 0.2) is 133 Å². The minimum atomic E-state index is -1.28. The molecule has 0 unspecified atom stereocenters. The van der Waals surface area contributed by atoms with E-state index in [4.69, 9.17) is 9.47 Å². The monoisotopic (exact) mass is 791 g/mol. The van der Waals surface area contributed by atoms with Crippen molar-refractivity contribution in [2.75, 3.05) is 20.8 Å². The molecular weight excluding hydrogens is 735 g/mol. The summed E-state index contributed by atoms with van der Waals surface area (Å²) < 4.78 is 11.0. The predicted octanol–water partition coefficient (Wildman–Crippen LogP) is 9.91. The molecule has 1 saturated carbocycles. The Morgan fingerprint density at radius 1 is 0.780 bits per heavy atom. The van der Waals surface area contributed by atoms with Gasteiger partial charge in [0.1, 0.15) is 0 Å². The van der Waals surface area contributed by atoms with Crippen LogP contribution in [0.5, 0.6) is 11.5 Å². The van der Waals surface area contributed by atoms with Gasteiger partial charge in [-0.05, 0) is 109 Å². The zero-order chi connectivity index (χ0) is 41.6. The number of ketones is 1. The van der Waals surface area contributed by atoms with E-state index in [0.29, 0.717) is 67.7 Å². The van der Waals surface area contributed by atoms with Crippen LogP contribution >= 0.6 is 0 Å². The van der Waals surface area contributed by atoms with Crippen LogP contribution in [0.25, 0.3) is 11.1 Å². The number of amides is 1. The second kappa shape index (κ2) is 18.2. The Hall–Kier alpha value is -5.50. The molecule has 7 nitrogen and oxygen atoms in total. The van der Waals surface area contributed by atoms with E-state index < -0.39 is 17.1 Å². The summed E-state index contributed by atoms with van der Waals surface area (Å²) in [4.78, 5) is 31.4. The van der Waals surface area contributed by atoms with Crippen LogP contribution < -0.4 is 9.47 Å². The van der Waals surface area contributed by atoms with Crippen molar-refractivity contribution in [2.45, 2.75) is 89.4 Å². The summed E-state index contributed by atoms with van der Waals surface area (Å²) in [6, 6.07) is 39.3. The number of fused-ring (bicyclic) bond motifs is 8. The molecule has 5 aromatic carbocycles. The van der Waals surface area contributed by atoms with E-state index in [2.05, 4.69) is 32.1 Å². The first kappa shape index (κ1) is 41.7. The molecule has 3 aliphatic rings. The van der Waals surface area contributed by atoms with Gasteiger partial charge in [-0.2, -0.15) is 0 Å². The highest BCUT2D eigenvalue weighted by atomic mass is 16.5. The van der Waals surface area contributed by atoms with Crippen LogP contribution in [0.3, 0.4) is 0 Å². The normalized spacial score (nSPS) is 21.8. The van der Waals surface area contributed by atoms with Crippen molar-refractivity contribution in [1.82, 2.24) is 4.90 Å². The summed E-state index contributed by atoms with van der Waals surface area (Å²) in [5.74, 6) is 0.775. The first-order chi connectivity index (χ1) is 28.5. The van der Waals surface area contributed by atoms with Crippen molar-refractivity contribution in [1.29, 1.82) is 0 Å². The third-order valence-electron chi connectivity index (χ3n) is 13.0. The van der Waals surface area contributed by atoms with Gasteiger partial charge in [0.05, 0.1) is 38.9 Å². The third kappa shape index (κ3) is 9.07. The second-order valence-electron chi connectivity index (χ2n) is 16.8. The van der Waals surface area contributed by atoms with E-state index in [1.807, 2.05) is 114 Å². The van der Waals surface area contributed by atoms with Crippen LogP contribution in [0.2, 0.25) is 0 Å². The molecule has 4 atom stereocenters. The molecule has 0 heterocycles. The van der Waals surface area contributed by atoms with Crippen LogP contribution in [-0.4, -0.2) is 59.3 Å². The maximum atomic E-state index is 15.1. The SMILES string of the molecule is COc1ccc(CC(=O)N(Cc2ccccc2)C[C@]2(O)CC[C@H]3c4ccc(cc4C(=O)c4ccccc4-c4ccccc4)C[C@@H](O)CCC(C)=CCC[C@@]32C)cc1OC. The number of aliphatic hydroxyl groups is 2. The Kier molecular flexibility index (Phi) is 12.8. The Bertz CT molecular complexity index is 2290. The van der Waals surface area contributed by atoms with Crippen molar-refractivity contribution in [2.24, 2.45) is 5.41 Å². The molecule has 1 fully saturated rings. The van der Waals surface area contributed by atoms with Gasteiger partial charge in [-0.15, -0.1) is 0 Å². The number of aliphatic hydroxyl groups excluding tert-OH is 1. The van der Waals surface area contributed by atoms with Crippen LogP contribution in [0.1, 0.15) is 96.5 Å². The van der Waals surface area contributed by atoms with Gasteiger partial charge in [0, 0.05) is 23.1 Å². The van der Waals surface area contributed by atoms with Crippen molar-refractivity contribution >= 4 is 11.7 Å². The number of allylic oxidation sites excluding steroid dienone is 2. The lowest BCUT2D eigenvalue weighted by molar-refractivity contribution is -0.140. The van der Waals surface area contributed by atoms with Crippen LogP contribution in [-0.2, 0) is 24.2 Å². The van der Waals surface area contributed by atoms with Gasteiger partial charge in [0.25, 0.3) is 0 Å². The highest BCUT2D eigenvalue weighted by molar-refractivity contribution is 6.13. The lowest BCUT2D eigenvalue weighted by atomic mass is 9.64. The number of benzene rings is 5. The Morgan fingerprint density at radius 3 is 2.24 bits per heavy atom. The fourth-order valence-electron chi connectivity index (χ4n) is 9.52. The molecule has 0 radical (unpaired) electrons. The molecule has 3 aliphatic carbocycles. The topological polar surface area (TPSA) is 96.3 Å². The smallest absolute Gasteiger partial charge is 0.227 e. The maximum absolute atomic E-state index is 15.1. The Balaban J connectivity index is 1.30. The van der Waals surface area contributed by atoms with Crippen LogP contribution in [0, 0.1) is 5.41 Å². The molecule has 0 aromatic heterocycles. The molecule has 2 bridgehead atoms. The first-order valence-corrected chi connectivity index (χ1v) is 20.9. The summed E-state index contributed by atoms with van der Waals surface area (Å²) in [6.07, 6.45) is 6.10. The summed E-state index contributed by atoms with van der Waals surface area (Å²) in [5, 5.41) is 24.4. The molecule has 8 rings (SSSR count). The average Bonchev–Trinajstić information content (AvgIpc) is 3.51. The second-order valence-corrected chi connectivity index (χ2v) is 16.8. The zero-order valence-electron chi connectivity index (χ0n) is 34.8. The van der Waals surface area contributed by atoms with Crippen molar-refractivity contribution < 1.29 is 29.3 Å². The van der Waals surface area contributed by atoms with Gasteiger partial charge in [-0.1, -0.05) is 122 Å². The van der Waals surface area contributed by atoms with Crippen molar-refractivity contribution in [3.05, 3.63) is 166 Å². The number of hydrogen-bond acceptors (Lipinski definition) is 6. The zero-order valence-corrected chi connectivity index (χ0v) is 34.8. The fourth-order valence-corrected chi connectivity index (χ4v) is 9.52. The molecule has 1 amide bonds. The van der Waals surface area contributed by atoms with E-state index in [-0.39, 0.29) is 30.6 Å². The minimum absolute atomic E-state index is 0.0766. The van der Waals surface area contributed by atoms with Crippen LogP contribution in [0.4, 0.5) is 0 Å². The number of ether oxygens (including phenoxy) is 2. The average molecular weight is 792 g/mol. The molecule has 0 aliphatic heterocycles. The highest BCUT2D eigenvalue weighted by Crippen LogP contribution is 2.59. The standard InChI is InChI=1S/C52H57NO6/c1-36-14-13-28-51(2)46(27-29-52(51,57)35-53(34-37-15-7-5-8-16-37)49(55)33-39-23-26-47(58-3)48(32-39)59-4)43-25-22-38(30-41(54)24-21-36)31-45(43)50(56)44-20-12-11-19-42(44)40-17-9-6-10-18-40/h5-12,14-20,22-23,25-26,31-32,41,46,54,57H,13,21,24,27-30,33-35H2,1-4H3/t41-,46-,51-,52+/m0/s1. The van der Waals surface area contributed by atoms with E-state index in [0.717, 1.165) is 39.8 Å². The highest BCUT2D eigenvalue weighted by Gasteiger charge is 2.57. The Morgan fingerprint density at radius 2 is 1.49 bits per heavy atom. The number of carbonyl (C=O) groups is 2. The number of methoxy groups -OCH3 is 2. The summed E-state index contributed by atoms with van der Waals surface area (Å²) >= 11 is 0. The largest absolute Gasteiger partial charge is 0.493 e. The molecule has 5 aromatic rings. The van der Waals surface area contributed by atoms with E-state index >= 15 is 4.79 Å². The quantitative estimate of drug-likeness (QED) is 0.102. The number of rotatable bonds is 11. The lowest BCUT2D eigenvalue weighted by Gasteiger charge is -2.46. The number of hydrogen-bond donors (Lipinski definition) is 2. The molecule has 7 heteroatoms.